The highest BCUT2D eigenvalue weighted by atomic mass is 79.9. The van der Waals surface area contributed by atoms with Crippen molar-refractivity contribution >= 4 is 43.5 Å². The monoisotopic (exact) mass is 398 g/mol. The smallest absolute Gasteiger partial charge is 0.0645 e. The Labute approximate surface area is 135 Å². The molecule has 0 N–H and O–H groups in total. The molecule has 0 aliphatic heterocycles. The number of rotatable bonds is 2. The van der Waals surface area contributed by atoms with Crippen LogP contribution in [0.4, 0.5) is 0 Å². The Bertz CT molecular complexity index is 622. The number of aryl methyl sites for hydroxylation is 2. The van der Waals surface area contributed by atoms with E-state index in [2.05, 4.69) is 62.2 Å². The molecular formula is C16H13Br2Cl. The van der Waals surface area contributed by atoms with Gasteiger partial charge in [-0.25, -0.2) is 0 Å². The van der Waals surface area contributed by atoms with E-state index in [0.29, 0.717) is 0 Å². The second kappa shape index (κ2) is 5.59. The summed E-state index contributed by atoms with van der Waals surface area (Å²) in [6.45, 7) is 0. The molecule has 1 aliphatic carbocycles. The molecule has 1 unspecified atom stereocenters. The van der Waals surface area contributed by atoms with Crippen molar-refractivity contribution < 1.29 is 0 Å². The maximum Gasteiger partial charge on any atom is 0.0645 e. The Balaban J connectivity index is 1.94. The van der Waals surface area contributed by atoms with E-state index in [1.807, 2.05) is 6.07 Å². The molecule has 0 nitrogen and oxygen atoms in total. The standard InChI is InChI=1S/C16H13Br2Cl/c17-14-9-13(6-7-15(14)19)16(18)12-5-4-10-2-1-3-11(10)8-12/h4-9,16H,1-3H2. The molecule has 0 saturated heterocycles. The number of benzene rings is 2. The van der Waals surface area contributed by atoms with Crippen LogP contribution in [0.15, 0.2) is 40.9 Å². The molecule has 3 rings (SSSR count). The molecule has 0 fully saturated rings. The van der Waals surface area contributed by atoms with Crippen molar-refractivity contribution in [2.75, 3.05) is 0 Å². The third kappa shape index (κ3) is 2.76. The van der Waals surface area contributed by atoms with Crippen molar-refractivity contribution in [1.29, 1.82) is 0 Å². The molecule has 0 amide bonds. The quantitative estimate of drug-likeness (QED) is 0.536. The Morgan fingerprint density at radius 3 is 2.42 bits per heavy atom. The van der Waals surface area contributed by atoms with E-state index in [1.165, 1.54) is 41.5 Å². The fourth-order valence-electron chi connectivity index (χ4n) is 2.61. The van der Waals surface area contributed by atoms with E-state index < -0.39 is 0 Å². The summed E-state index contributed by atoms with van der Waals surface area (Å²) in [5.41, 5.74) is 5.56. The van der Waals surface area contributed by atoms with Crippen molar-refractivity contribution in [1.82, 2.24) is 0 Å². The molecule has 0 aromatic heterocycles. The molecule has 98 valence electrons. The van der Waals surface area contributed by atoms with Crippen LogP contribution in [0.25, 0.3) is 0 Å². The maximum absolute atomic E-state index is 6.05. The van der Waals surface area contributed by atoms with E-state index >= 15 is 0 Å². The predicted octanol–water partition coefficient (Wildman–Crippen LogP) is 6.08. The van der Waals surface area contributed by atoms with Gasteiger partial charge >= 0.3 is 0 Å². The van der Waals surface area contributed by atoms with Crippen LogP contribution in [0.1, 0.15) is 33.5 Å². The first-order valence-corrected chi connectivity index (χ1v) is 8.44. The average Bonchev–Trinajstić information content (AvgIpc) is 2.88. The van der Waals surface area contributed by atoms with Crippen LogP contribution < -0.4 is 0 Å². The summed E-state index contributed by atoms with van der Waals surface area (Å²) >= 11 is 13.3. The van der Waals surface area contributed by atoms with Gasteiger partial charge in [0.05, 0.1) is 9.85 Å². The molecule has 0 radical (unpaired) electrons. The number of alkyl halides is 1. The summed E-state index contributed by atoms with van der Waals surface area (Å²) in [7, 11) is 0. The minimum atomic E-state index is 0.215. The van der Waals surface area contributed by atoms with Gasteiger partial charge in [0, 0.05) is 4.47 Å². The summed E-state index contributed by atoms with van der Waals surface area (Å²) < 4.78 is 0.942. The van der Waals surface area contributed by atoms with Gasteiger partial charge in [-0.15, -0.1) is 0 Å². The average molecular weight is 401 g/mol. The fourth-order valence-corrected chi connectivity index (χ4v) is 3.70. The summed E-state index contributed by atoms with van der Waals surface area (Å²) in [5.74, 6) is 0. The fraction of sp³-hybridized carbons (Fsp3) is 0.250. The Morgan fingerprint density at radius 2 is 1.63 bits per heavy atom. The molecule has 2 aromatic rings. The largest absolute Gasteiger partial charge is 0.0831 e. The Kier molecular flexibility index (Phi) is 4.02. The van der Waals surface area contributed by atoms with E-state index in [-0.39, 0.29) is 4.83 Å². The van der Waals surface area contributed by atoms with Gasteiger partial charge in [-0.1, -0.05) is 51.8 Å². The molecule has 0 heterocycles. The van der Waals surface area contributed by atoms with Crippen LogP contribution in [-0.2, 0) is 12.8 Å². The molecular weight excluding hydrogens is 387 g/mol. The zero-order chi connectivity index (χ0) is 13.4. The highest BCUT2D eigenvalue weighted by Crippen LogP contribution is 2.36. The summed E-state index contributed by atoms with van der Waals surface area (Å²) in [5, 5.41) is 0.748. The van der Waals surface area contributed by atoms with E-state index in [9.17, 15) is 0 Å². The van der Waals surface area contributed by atoms with Gasteiger partial charge in [-0.2, -0.15) is 0 Å². The molecule has 2 aromatic carbocycles. The molecule has 3 heteroatoms. The van der Waals surface area contributed by atoms with Crippen molar-refractivity contribution in [2.45, 2.75) is 24.1 Å². The maximum atomic E-state index is 6.05. The molecule has 0 spiro atoms. The second-order valence-corrected chi connectivity index (χ2v) is 7.10. The minimum absolute atomic E-state index is 0.215. The van der Waals surface area contributed by atoms with Crippen molar-refractivity contribution in [3.8, 4) is 0 Å². The number of hydrogen-bond acceptors (Lipinski definition) is 0. The van der Waals surface area contributed by atoms with Crippen LogP contribution >= 0.6 is 43.5 Å². The summed E-state index contributed by atoms with van der Waals surface area (Å²) in [4.78, 5) is 0.215. The SMILES string of the molecule is Clc1ccc(C(Br)c2ccc3c(c2)CCC3)cc1Br. The lowest BCUT2D eigenvalue weighted by atomic mass is 10.0. The molecule has 1 atom stereocenters. The Morgan fingerprint density at radius 1 is 0.947 bits per heavy atom. The first kappa shape index (κ1) is 13.7. The van der Waals surface area contributed by atoms with Crippen LogP contribution in [0.5, 0.6) is 0 Å². The van der Waals surface area contributed by atoms with Gasteiger partial charge in [0.25, 0.3) is 0 Å². The van der Waals surface area contributed by atoms with E-state index in [0.717, 1.165) is 9.50 Å². The first-order chi connectivity index (χ1) is 9.15. The van der Waals surface area contributed by atoms with Crippen LogP contribution in [0.3, 0.4) is 0 Å². The lowest BCUT2D eigenvalue weighted by Gasteiger charge is -2.13. The third-order valence-electron chi connectivity index (χ3n) is 3.65. The Hall–Kier alpha value is -0.310. The second-order valence-electron chi connectivity index (χ2n) is 4.92. The minimum Gasteiger partial charge on any atom is -0.0831 e. The van der Waals surface area contributed by atoms with Crippen molar-refractivity contribution in [2.24, 2.45) is 0 Å². The van der Waals surface area contributed by atoms with Crippen LogP contribution in [-0.4, -0.2) is 0 Å². The highest BCUT2D eigenvalue weighted by Gasteiger charge is 2.16. The number of hydrogen-bond donors (Lipinski definition) is 0. The number of fused-ring (bicyclic) bond motifs is 1. The summed E-state index contributed by atoms with van der Waals surface area (Å²) in [6.07, 6.45) is 3.74. The van der Waals surface area contributed by atoms with E-state index in [1.54, 1.807) is 0 Å². The number of halogens is 3. The van der Waals surface area contributed by atoms with Crippen LogP contribution in [0, 0.1) is 0 Å². The lowest BCUT2D eigenvalue weighted by molar-refractivity contribution is 0.911. The molecule has 19 heavy (non-hydrogen) atoms. The van der Waals surface area contributed by atoms with Crippen molar-refractivity contribution in [3.63, 3.8) is 0 Å². The normalized spacial score (nSPS) is 15.3. The summed E-state index contributed by atoms with van der Waals surface area (Å²) in [6, 6.07) is 12.9. The predicted molar refractivity (Wildman–Crippen MR) is 88.4 cm³/mol. The van der Waals surface area contributed by atoms with Crippen LogP contribution in [0.2, 0.25) is 5.02 Å². The zero-order valence-electron chi connectivity index (χ0n) is 10.3. The van der Waals surface area contributed by atoms with Gasteiger partial charge in [0.1, 0.15) is 0 Å². The third-order valence-corrected chi connectivity index (χ3v) is 5.92. The van der Waals surface area contributed by atoms with Gasteiger partial charge < -0.3 is 0 Å². The molecule has 0 saturated carbocycles. The first-order valence-electron chi connectivity index (χ1n) is 6.36. The van der Waals surface area contributed by atoms with E-state index in [4.69, 9.17) is 11.6 Å². The zero-order valence-corrected chi connectivity index (χ0v) is 14.2. The van der Waals surface area contributed by atoms with Crippen molar-refractivity contribution in [3.05, 3.63) is 68.1 Å². The lowest BCUT2D eigenvalue weighted by Crippen LogP contribution is -1.95. The topological polar surface area (TPSA) is 0 Å². The van der Waals surface area contributed by atoms with Gasteiger partial charge in [0.15, 0.2) is 0 Å². The van der Waals surface area contributed by atoms with Gasteiger partial charge in [-0.05, 0) is 69.6 Å². The molecule has 0 bridgehead atoms. The van der Waals surface area contributed by atoms with Gasteiger partial charge in [-0.3, -0.25) is 0 Å². The van der Waals surface area contributed by atoms with Gasteiger partial charge in [0.2, 0.25) is 0 Å². The highest BCUT2D eigenvalue weighted by molar-refractivity contribution is 9.10. The molecule has 1 aliphatic rings.